The number of rotatable bonds is 2. The van der Waals surface area contributed by atoms with E-state index >= 15 is 0 Å². The van der Waals surface area contributed by atoms with Crippen LogP contribution in [0.5, 0.6) is 0 Å². The zero-order chi connectivity index (χ0) is 16.5. The third-order valence-corrected chi connectivity index (χ3v) is 3.75. The average Bonchev–Trinajstić information content (AvgIpc) is 3.02. The van der Waals surface area contributed by atoms with Crippen molar-refractivity contribution >= 4 is 11.6 Å². The van der Waals surface area contributed by atoms with Crippen molar-refractivity contribution in [1.82, 2.24) is 0 Å². The smallest absolute Gasteiger partial charge is 0.00137 e. The number of aryl methyl sites for hydroxylation is 2. The van der Waals surface area contributed by atoms with E-state index in [4.69, 9.17) is 0 Å². The van der Waals surface area contributed by atoms with Gasteiger partial charge in [-0.2, -0.15) is 0 Å². The summed E-state index contributed by atoms with van der Waals surface area (Å²) in [5.74, 6) is 0. The van der Waals surface area contributed by atoms with Crippen LogP contribution in [0.2, 0.25) is 0 Å². The van der Waals surface area contributed by atoms with Crippen molar-refractivity contribution in [2.24, 2.45) is 0 Å². The van der Waals surface area contributed by atoms with E-state index in [2.05, 4.69) is 62.4 Å². The number of fused-ring (bicyclic) bond motifs is 1. The fourth-order valence-electron chi connectivity index (χ4n) is 2.56. The molecule has 0 atom stereocenters. The highest BCUT2D eigenvalue weighted by molar-refractivity contribution is 5.88. The first-order valence-electron chi connectivity index (χ1n) is 8.65. The molecule has 0 N–H and O–H groups in total. The molecule has 0 aliphatic heterocycles. The molecule has 0 heteroatoms. The van der Waals surface area contributed by atoms with Crippen LogP contribution in [0.25, 0.3) is 11.6 Å². The first kappa shape index (κ1) is 18.2. The van der Waals surface area contributed by atoms with E-state index in [9.17, 15) is 0 Å². The number of allylic oxidation sites excluding steroid dienone is 1. The van der Waals surface area contributed by atoms with Gasteiger partial charge in [-0.3, -0.25) is 0 Å². The van der Waals surface area contributed by atoms with Gasteiger partial charge in [-0.05, 0) is 47.6 Å². The minimum absolute atomic E-state index is 1.07. The molecule has 22 heavy (non-hydrogen) atoms. The predicted molar refractivity (Wildman–Crippen MR) is 101 cm³/mol. The van der Waals surface area contributed by atoms with Crippen LogP contribution in [0.15, 0.2) is 42.5 Å². The Hall–Kier alpha value is -1.82. The van der Waals surface area contributed by atoms with Crippen LogP contribution in [-0.2, 0) is 12.8 Å². The summed E-state index contributed by atoms with van der Waals surface area (Å²) in [7, 11) is 0. The van der Waals surface area contributed by atoms with Gasteiger partial charge in [0.15, 0.2) is 0 Å². The largest absolute Gasteiger partial charge is 0.0683 e. The van der Waals surface area contributed by atoms with Crippen molar-refractivity contribution in [3.05, 3.63) is 70.3 Å². The van der Waals surface area contributed by atoms with Gasteiger partial charge in [0.1, 0.15) is 0 Å². The second kappa shape index (κ2) is 9.25. The third-order valence-electron chi connectivity index (χ3n) is 3.75. The molecule has 0 unspecified atom stereocenters. The monoisotopic (exact) mass is 294 g/mol. The molecule has 0 spiro atoms. The summed E-state index contributed by atoms with van der Waals surface area (Å²) in [6.07, 6.45) is 4.53. The normalized spacial score (nSPS) is 11.5. The fourth-order valence-corrected chi connectivity index (χ4v) is 2.56. The lowest BCUT2D eigenvalue weighted by Gasteiger charge is -2.03. The van der Waals surface area contributed by atoms with Crippen molar-refractivity contribution in [1.29, 1.82) is 0 Å². The Morgan fingerprint density at radius 3 is 2.09 bits per heavy atom. The summed E-state index contributed by atoms with van der Waals surface area (Å²) in [4.78, 5) is 0. The summed E-state index contributed by atoms with van der Waals surface area (Å²) in [5, 5.41) is 0. The van der Waals surface area contributed by atoms with Crippen LogP contribution in [0, 0.1) is 6.92 Å². The summed E-state index contributed by atoms with van der Waals surface area (Å²) in [5.41, 5.74) is 8.42. The van der Waals surface area contributed by atoms with Crippen LogP contribution in [0.1, 0.15) is 62.4 Å². The maximum absolute atomic E-state index is 2.35. The van der Waals surface area contributed by atoms with Crippen molar-refractivity contribution in [2.75, 3.05) is 0 Å². The van der Waals surface area contributed by atoms with Gasteiger partial charge in [-0.15, -0.1) is 0 Å². The molecule has 2 aromatic carbocycles. The highest BCUT2D eigenvalue weighted by Gasteiger charge is 2.13. The molecule has 0 fully saturated rings. The molecule has 0 amide bonds. The average molecular weight is 294 g/mol. The van der Waals surface area contributed by atoms with Crippen molar-refractivity contribution in [2.45, 2.75) is 54.4 Å². The Kier molecular flexibility index (Phi) is 7.66. The van der Waals surface area contributed by atoms with Gasteiger partial charge in [0.2, 0.25) is 0 Å². The molecule has 0 nitrogen and oxygen atoms in total. The molecule has 2 aromatic rings. The molecule has 1 aliphatic carbocycles. The van der Waals surface area contributed by atoms with Gasteiger partial charge >= 0.3 is 0 Å². The number of hydrogen-bond donors (Lipinski definition) is 0. The van der Waals surface area contributed by atoms with E-state index in [1.165, 1.54) is 33.4 Å². The summed E-state index contributed by atoms with van der Waals surface area (Å²) >= 11 is 0. The zero-order valence-electron chi connectivity index (χ0n) is 15.0. The first-order chi connectivity index (χ1) is 10.8. The van der Waals surface area contributed by atoms with Crippen molar-refractivity contribution < 1.29 is 0 Å². The molecule has 0 heterocycles. The highest BCUT2D eigenvalue weighted by Crippen LogP contribution is 2.32. The van der Waals surface area contributed by atoms with Crippen molar-refractivity contribution in [3.8, 4) is 0 Å². The lowest BCUT2D eigenvalue weighted by Crippen LogP contribution is -1.87. The molecule has 0 saturated heterocycles. The standard InChI is InChI=1S/C18H18.2C2H6/c1-3-14-6-9-16-11-18(12-17(16)10-14)15-7-4-13(2)5-8-15;2*1-2/h4-10,12H,3,11H2,1-2H3;2*1-2H3. The van der Waals surface area contributed by atoms with Gasteiger partial charge in [-0.25, -0.2) is 0 Å². The predicted octanol–water partition coefficient (Wildman–Crippen LogP) is 6.71. The number of benzene rings is 2. The summed E-state index contributed by atoms with van der Waals surface area (Å²) in [6, 6.07) is 15.7. The van der Waals surface area contributed by atoms with E-state index in [0.717, 1.165) is 12.8 Å². The Bertz CT molecular complexity index is 600. The second-order valence-electron chi connectivity index (χ2n) is 5.10. The Labute approximate surface area is 136 Å². The Morgan fingerprint density at radius 2 is 1.50 bits per heavy atom. The van der Waals surface area contributed by atoms with E-state index < -0.39 is 0 Å². The molecule has 3 rings (SSSR count). The van der Waals surface area contributed by atoms with Gasteiger partial charge in [0.25, 0.3) is 0 Å². The van der Waals surface area contributed by atoms with E-state index in [1.54, 1.807) is 0 Å². The molecule has 0 bridgehead atoms. The molecular weight excluding hydrogens is 264 g/mol. The maximum Gasteiger partial charge on any atom is -0.00137 e. The first-order valence-corrected chi connectivity index (χ1v) is 8.65. The van der Waals surface area contributed by atoms with Crippen LogP contribution in [0.4, 0.5) is 0 Å². The molecule has 1 aliphatic rings. The molecule has 0 aromatic heterocycles. The van der Waals surface area contributed by atoms with Crippen LogP contribution in [0.3, 0.4) is 0 Å². The van der Waals surface area contributed by atoms with Gasteiger partial charge < -0.3 is 0 Å². The quantitative estimate of drug-likeness (QED) is 0.577. The third kappa shape index (κ3) is 4.34. The summed E-state index contributed by atoms with van der Waals surface area (Å²) < 4.78 is 0. The Morgan fingerprint density at radius 1 is 0.864 bits per heavy atom. The SMILES string of the molecule is CC.CC.CCc1ccc2c(c1)C=C(c1ccc(C)cc1)C2. The minimum Gasteiger partial charge on any atom is -0.0683 e. The molecular formula is C22H30. The zero-order valence-corrected chi connectivity index (χ0v) is 15.0. The maximum atomic E-state index is 2.35. The second-order valence-corrected chi connectivity index (χ2v) is 5.10. The summed E-state index contributed by atoms with van der Waals surface area (Å²) in [6.45, 7) is 12.3. The van der Waals surface area contributed by atoms with Gasteiger partial charge in [-0.1, -0.05) is 88.7 Å². The lowest BCUT2D eigenvalue weighted by atomic mass is 10.0. The van der Waals surface area contributed by atoms with E-state index in [-0.39, 0.29) is 0 Å². The number of hydrogen-bond acceptors (Lipinski definition) is 0. The Balaban J connectivity index is 0.000000561. The lowest BCUT2D eigenvalue weighted by molar-refractivity contribution is 1.13. The molecule has 118 valence electrons. The molecule has 0 radical (unpaired) electrons. The van der Waals surface area contributed by atoms with Crippen molar-refractivity contribution in [3.63, 3.8) is 0 Å². The van der Waals surface area contributed by atoms with E-state index in [0.29, 0.717) is 0 Å². The topological polar surface area (TPSA) is 0 Å². The molecule has 0 saturated carbocycles. The van der Waals surface area contributed by atoms with Gasteiger partial charge in [0.05, 0.1) is 0 Å². The van der Waals surface area contributed by atoms with Crippen LogP contribution >= 0.6 is 0 Å². The van der Waals surface area contributed by atoms with Crippen LogP contribution in [-0.4, -0.2) is 0 Å². The van der Waals surface area contributed by atoms with Gasteiger partial charge in [0, 0.05) is 0 Å². The highest BCUT2D eigenvalue weighted by atomic mass is 14.2. The van der Waals surface area contributed by atoms with E-state index in [1.807, 2.05) is 27.7 Å². The minimum atomic E-state index is 1.07. The fraction of sp³-hybridized carbons (Fsp3) is 0.364. The van der Waals surface area contributed by atoms with Crippen LogP contribution < -0.4 is 0 Å².